The third kappa shape index (κ3) is 2.52. The summed E-state index contributed by atoms with van der Waals surface area (Å²) in [7, 11) is 2.32. The monoisotopic (exact) mass is 262 g/mol. The van der Waals surface area contributed by atoms with Gasteiger partial charge >= 0.3 is 0 Å². The normalized spacial score (nSPS) is 27.7. The third-order valence-corrected chi connectivity index (χ3v) is 5.49. The Morgan fingerprint density at radius 3 is 2.94 bits per heavy atom. The zero-order valence-electron chi connectivity index (χ0n) is 11.1. The summed E-state index contributed by atoms with van der Waals surface area (Å²) in [5.41, 5.74) is 2.82. The number of benzene rings is 1. The lowest BCUT2D eigenvalue weighted by atomic mass is 10.0. The van der Waals surface area contributed by atoms with E-state index in [1.54, 1.807) is 0 Å². The maximum atomic E-state index is 3.63. The topological polar surface area (TPSA) is 15.3 Å². The fraction of sp³-hybridized carbons (Fsp3) is 0.600. The number of hydrogen-bond donors (Lipinski definition) is 1. The molecule has 2 unspecified atom stereocenters. The van der Waals surface area contributed by atoms with Gasteiger partial charge in [-0.15, -0.1) is 0 Å². The SMILES string of the molecule is CN(C1CCc2ccccc2NC1)C1CCSC1. The molecule has 0 aromatic heterocycles. The van der Waals surface area contributed by atoms with Crippen molar-refractivity contribution < 1.29 is 0 Å². The second-order valence-corrected chi connectivity index (χ2v) is 6.56. The quantitative estimate of drug-likeness (QED) is 0.882. The maximum absolute atomic E-state index is 3.63. The summed E-state index contributed by atoms with van der Waals surface area (Å²) in [5.74, 6) is 2.66. The van der Waals surface area contributed by atoms with Gasteiger partial charge in [-0.3, -0.25) is 4.90 Å². The molecule has 1 fully saturated rings. The van der Waals surface area contributed by atoms with E-state index >= 15 is 0 Å². The number of thioether (sulfide) groups is 1. The zero-order valence-corrected chi connectivity index (χ0v) is 11.9. The van der Waals surface area contributed by atoms with Crippen molar-refractivity contribution >= 4 is 17.4 Å². The molecule has 0 amide bonds. The summed E-state index contributed by atoms with van der Waals surface area (Å²) in [4.78, 5) is 2.62. The van der Waals surface area contributed by atoms with Crippen LogP contribution < -0.4 is 5.32 Å². The molecule has 1 aromatic rings. The molecule has 0 spiro atoms. The first-order chi connectivity index (χ1) is 8.84. The van der Waals surface area contributed by atoms with Crippen molar-refractivity contribution in [3.8, 4) is 0 Å². The highest BCUT2D eigenvalue weighted by molar-refractivity contribution is 7.99. The van der Waals surface area contributed by atoms with Crippen LogP contribution in [0.3, 0.4) is 0 Å². The number of hydrogen-bond acceptors (Lipinski definition) is 3. The Morgan fingerprint density at radius 1 is 1.22 bits per heavy atom. The molecule has 1 N–H and O–H groups in total. The Kier molecular flexibility index (Phi) is 3.80. The van der Waals surface area contributed by atoms with Gasteiger partial charge in [-0.05, 0) is 43.7 Å². The molecule has 0 aliphatic carbocycles. The predicted octanol–water partition coefficient (Wildman–Crippen LogP) is 2.85. The van der Waals surface area contributed by atoms with E-state index in [0.717, 1.165) is 12.6 Å². The van der Waals surface area contributed by atoms with Crippen LogP contribution >= 0.6 is 11.8 Å². The molecule has 0 bridgehead atoms. The van der Waals surface area contributed by atoms with Crippen molar-refractivity contribution in [3.63, 3.8) is 0 Å². The van der Waals surface area contributed by atoms with Crippen LogP contribution in [0.1, 0.15) is 18.4 Å². The lowest BCUT2D eigenvalue weighted by molar-refractivity contribution is 0.187. The standard InChI is InChI=1S/C15H22N2S/c1-17(14-8-9-18-11-14)13-7-6-12-4-2-3-5-15(12)16-10-13/h2-5,13-14,16H,6-11H2,1H3. The van der Waals surface area contributed by atoms with E-state index in [1.165, 1.54) is 42.0 Å². The summed E-state index contributed by atoms with van der Waals surface area (Å²) in [6, 6.07) is 10.2. The minimum Gasteiger partial charge on any atom is -0.383 e. The van der Waals surface area contributed by atoms with Crippen LogP contribution in [0.4, 0.5) is 5.69 Å². The van der Waals surface area contributed by atoms with Gasteiger partial charge in [-0.25, -0.2) is 0 Å². The van der Waals surface area contributed by atoms with Crippen LogP contribution in [0.5, 0.6) is 0 Å². The molecule has 0 saturated carbocycles. The first-order valence-corrected chi connectivity index (χ1v) is 8.11. The number of aryl methyl sites for hydroxylation is 1. The first kappa shape index (κ1) is 12.4. The Bertz CT molecular complexity index is 374. The molecule has 2 nitrogen and oxygen atoms in total. The van der Waals surface area contributed by atoms with Crippen molar-refractivity contribution in [2.75, 3.05) is 30.4 Å². The molecule has 98 valence electrons. The molecule has 3 rings (SSSR count). The van der Waals surface area contributed by atoms with Crippen LogP contribution in [0.2, 0.25) is 0 Å². The fourth-order valence-electron chi connectivity index (χ4n) is 3.05. The lowest BCUT2D eigenvalue weighted by Gasteiger charge is -2.32. The maximum Gasteiger partial charge on any atom is 0.0373 e. The van der Waals surface area contributed by atoms with Crippen LogP contribution in [0, 0.1) is 0 Å². The van der Waals surface area contributed by atoms with Gasteiger partial charge in [0.05, 0.1) is 0 Å². The predicted molar refractivity (Wildman–Crippen MR) is 80.5 cm³/mol. The van der Waals surface area contributed by atoms with Crippen molar-refractivity contribution in [2.45, 2.75) is 31.3 Å². The van der Waals surface area contributed by atoms with Crippen molar-refractivity contribution in [2.24, 2.45) is 0 Å². The van der Waals surface area contributed by atoms with Crippen LogP contribution in [-0.4, -0.2) is 42.1 Å². The van der Waals surface area contributed by atoms with Gasteiger partial charge in [-0.2, -0.15) is 11.8 Å². The smallest absolute Gasteiger partial charge is 0.0373 e. The van der Waals surface area contributed by atoms with E-state index in [0.29, 0.717) is 6.04 Å². The molecular weight excluding hydrogens is 240 g/mol. The van der Waals surface area contributed by atoms with Gasteiger partial charge in [0.1, 0.15) is 0 Å². The van der Waals surface area contributed by atoms with E-state index in [2.05, 4.69) is 53.3 Å². The Labute approximate surface area is 114 Å². The van der Waals surface area contributed by atoms with Gasteiger partial charge in [0.25, 0.3) is 0 Å². The fourth-order valence-corrected chi connectivity index (χ4v) is 4.33. The highest BCUT2D eigenvalue weighted by atomic mass is 32.2. The molecule has 1 aromatic carbocycles. The lowest BCUT2D eigenvalue weighted by Crippen LogP contribution is -2.43. The van der Waals surface area contributed by atoms with Crippen LogP contribution in [-0.2, 0) is 6.42 Å². The number of fused-ring (bicyclic) bond motifs is 1. The summed E-state index contributed by atoms with van der Waals surface area (Å²) in [6.45, 7) is 1.09. The molecule has 0 radical (unpaired) electrons. The van der Waals surface area contributed by atoms with Gasteiger partial charge in [0, 0.05) is 30.1 Å². The van der Waals surface area contributed by atoms with E-state index in [9.17, 15) is 0 Å². The second kappa shape index (κ2) is 5.54. The molecule has 2 atom stereocenters. The number of likely N-dealkylation sites (N-methyl/N-ethyl adjacent to an activating group) is 1. The van der Waals surface area contributed by atoms with E-state index in [4.69, 9.17) is 0 Å². The molecule has 2 aliphatic rings. The number of anilines is 1. The molecule has 3 heteroatoms. The summed E-state index contributed by atoms with van der Waals surface area (Å²) < 4.78 is 0. The minimum absolute atomic E-state index is 0.682. The van der Waals surface area contributed by atoms with E-state index < -0.39 is 0 Å². The zero-order chi connectivity index (χ0) is 12.4. The van der Waals surface area contributed by atoms with Crippen molar-refractivity contribution in [1.29, 1.82) is 0 Å². The van der Waals surface area contributed by atoms with E-state index in [-0.39, 0.29) is 0 Å². The number of nitrogens with one attached hydrogen (secondary N) is 1. The van der Waals surface area contributed by atoms with Crippen LogP contribution in [0.15, 0.2) is 24.3 Å². The Balaban J connectivity index is 1.67. The second-order valence-electron chi connectivity index (χ2n) is 5.41. The number of nitrogens with zero attached hydrogens (tertiary/aromatic N) is 1. The van der Waals surface area contributed by atoms with Gasteiger partial charge in [0.15, 0.2) is 0 Å². The molecule has 1 saturated heterocycles. The number of rotatable bonds is 2. The molecule has 18 heavy (non-hydrogen) atoms. The number of para-hydroxylation sites is 1. The van der Waals surface area contributed by atoms with E-state index in [1.807, 2.05) is 0 Å². The molecule has 2 heterocycles. The molecular formula is C15H22N2S. The average molecular weight is 262 g/mol. The van der Waals surface area contributed by atoms with Crippen molar-refractivity contribution in [1.82, 2.24) is 4.90 Å². The Morgan fingerprint density at radius 2 is 2.11 bits per heavy atom. The van der Waals surface area contributed by atoms with Gasteiger partial charge < -0.3 is 5.32 Å². The van der Waals surface area contributed by atoms with Crippen molar-refractivity contribution in [3.05, 3.63) is 29.8 Å². The summed E-state index contributed by atoms with van der Waals surface area (Å²) in [6.07, 6.45) is 3.85. The highest BCUT2D eigenvalue weighted by Crippen LogP contribution is 2.27. The van der Waals surface area contributed by atoms with Crippen LogP contribution in [0.25, 0.3) is 0 Å². The first-order valence-electron chi connectivity index (χ1n) is 6.96. The molecule has 2 aliphatic heterocycles. The minimum atomic E-state index is 0.682. The summed E-state index contributed by atoms with van der Waals surface area (Å²) in [5, 5.41) is 3.63. The van der Waals surface area contributed by atoms with Gasteiger partial charge in [-0.1, -0.05) is 18.2 Å². The van der Waals surface area contributed by atoms with Gasteiger partial charge in [0.2, 0.25) is 0 Å². The largest absolute Gasteiger partial charge is 0.383 e. The highest BCUT2D eigenvalue weighted by Gasteiger charge is 2.27. The third-order valence-electron chi connectivity index (χ3n) is 4.35. The average Bonchev–Trinajstić information content (AvgIpc) is 2.85. The summed E-state index contributed by atoms with van der Waals surface area (Å²) >= 11 is 2.10. The Hall–Kier alpha value is -0.670.